The van der Waals surface area contributed by atoms with Crippen molar-refractivity contribution in [1.29, 1.82) is 0 Å². The van der Waals surface area contributed by atoms with Crippen molar-refractivity contribution in [3.8, 4) is 0 Å². The van der Waals surface area contributed by atoms with Crippen molar-refractivity contribution in [2.24, 2.45) is 0 Å². The molecular formula is C16H31N3O2. The number of aliphatic hydroxyl groups is 1. The van der Waals surface area contributed by atoms with Gasteiger partial charge in [0, 0.05) is 6.20 Å². The lowest BCUT2D eigenvalue weighted by molar-refractivity contribution is 0.0851. The first kappa shape index (κ1) is 18.1. The van der Waals surface area contributed by atoms with Gasteiger partial charge in [0.1, 0.15) is 0 Å². The Morgan fingerprint density at radius 3 is 2.48 bits per heavy atom. The predicted octanol–water partition coefficient (Wildman–Crippen LogP) is 2.97. The number of aryl methyl sites for hydroxylation is 1. The highest BCUT2D eigenvalue weighted by atomic mass is 16.5. The predicted molar refractivity (Wildman–Crippen MR) is 84.2 cm³/mol. The standard InChI is InChI=1S/C16H31N3O2/c1-2-3-4-5-6-7-8-9-10-16-15-19(18-17-16)11-13-21-14-12-20/h15,20H,2-14H2,1H3. The fourth-order valence-electron chi connectivity index (χ4n) is 2.33. The maximum Gasteiger partial charge on any atom is 0.0827 e. The summed E-state index contributed by atoms with van der Waals surface area (Å²) in [6.07, 6.45) is 13.7. The molecule has 1 aromatic heterocycles. The highest BCUT2D eigenvalue weighted by Crippen LogP contribution is 2.10. The van der Waals surface area contributed by atoms with E-state index in [2.05, 4.69) is 17.2 Å². The Morgan fingerprint density at radius 2 is 1.76 bits per heavy atom. The Bertz CT molecular complexity index is 342. The molecule has 0 aromatic carbocycles. The number of aromatic nitrogens is 3. The van der Waals surface area contributed by atoms with E-state index in [4.69, 9.17) is 9.84 Å². The van der Waals surface area contributed by atoms with E-state index in [1.54, 1.807) is 0 Å². The van der Waals surface area contributed by atoms with Crippen LogP contribution in [0.1, 0.15) is 64.0 Å². The highest BCUT2D eigenvalue weighted by Gasteiger charge is 2.01. The normalized spacial score (nSPS) is 11.1. The van der Waals surface area contributed by atoms with Crippen LogP contribution in [0.4, 0.5) is 0 Å². The number of rotatable bonds is 14. The SMILES string of the molecule is CCCCCCCCCCc1cn(CCOCCO)nn1. The molecule has 21 heavy (non-hydrogen) atoms. The van der Waals surface area contributed by atoms with Crippen molar-refractivity contribution in [3.05, 3.63) is 11.9 Å². The Morgan fingerprint density at radius 1 is 1.05 bits per heavy atom. The third-order valence-corrected chi connectivity index (χ3v) is 3.57. The van der Waals surface area contributed by atoms with Crippen molar-refractivity contribution in [2.75, 3.05) is 19.8 Å². The number of ether oxygens (including phenoxy) is 1. The van der Waals surface area contributed by atoms with E-state index in [0.717, 1.165) is 12.1 Å². The zero-order valence-electron chi connectivity index (χ0n) is 13.5. The van der Waals surface area contributed by atoms with Crippen molar-refractivity contribution >= 4 is 0 Å². The lowest BCUT2D eigenvalue weighted by Gasteiger charge is -2.01. The van der Waals surface area contributed by atoms with E-state index >= 15 is 0 Å². The van der Waals surface area contributed by atoms with Crippen LogP contribution in [0.5, 0.6) is 0 Å². The number of hydrogen-bond acceptors (Lipinski definition) is 4. The maximum atomic E-state index is 8.61. The van der Waals surface area contributed by atoms with Gasteiger partial charge in [0.05, 0.1) is 32.1 Å². The fraction of sp³-hybridized carbons (Fsp3) is 0.875. The third kappa shape index (κ3) is 9.58. The van der Waals surface area contributed by atoms with Crippen LogP contribution < -0.4 is 0 Å². The van der Waals surface area contributed by atoms with Crippen molar-refractivity contribution in [3.63, 3.8) is 0 Å². The smallest absolute Gasteiger partial charge is 0.0827 e. The van der Waals surface area contributed by atoms with Crippen LogP contribution in [0, 0.1) is 0 Å². The molecule has 1 aromatic rings. The molecule has 0 unspecified atom stereocenters. The number of unbranched alkanes of at least 4 members (excludes halogenated alkanes) is 7. The molecule has 0 bridgehead atoms. The van der Waals surface area contributed by atoms with Crippen LogP contribution in [0.15, 0.2) is 6.20 Å². The molecule has 5 heteroatoms. The maximum absolute atomic E-state index is 8.61. The van der Waals surface area contributed by atoms with Gasteiger partial charge in [-0.1, -0.05) is 57.1 Å². The summed E-state index contributed by atoms with van der Waals surface area (Å²) >= 11 is 0. The number of hydrogen-bond donors (Lipinski definition) is 1. The van der Waals surface area contributed by atoms with Gasteiger partial charge in [-0.3, -0.25) is 0 Å². The zero-order valence-corrected chi connectivity index (χ0v) is 13.5. The molecule has 5 nitrogen and oxygen atoms in total. The molecule has 0 saturated heterocycles. The van der Waals surface area contributed by atoms with E-state index in [0.29, 0.717) is 19.8 Å². The highest BCUT2D eigenvalue weighted by molar-refractivity contribution is 4.92. The summed E-state index contributed by atoms with van der Waals surface area (Å²) in [4.78, 5) is 0. The Hall–Kier alpha value is -0.940. The molecular weight excluding hydrogens is 266 g/mol. The van der Waals surface area contributed by atoms with Gasteiger partial charge in [0.2, 0.25) is 0 Å². The fourth-order valence-corrected chi connectivity index (χ4v) is 2.33. The molecule has 1 heterocycles. The molecule has 0 saturated carbocycles. The van der Waals surface area contributed by atoms with Crippen LogP contribution in [0.2, 0.25) is 0 Å². The van der Waals surface area contributed by atoms with Gasteiger partial charge in [-0.05, 0) is 12.8 Å². The second-order valence-corrected chi connectivity index (χ2v) is 5.53. The van der Waals surface area contributed by atoms with Gasteiger partial charge in [0.25, 0.3) is 0 Å². The van der Waals surface area contributed by atoms with Crippen LogP contribution >= 0.6 is 0 Å². The van der Waals surface area contributed by atoms with Gasteiger partial charge in [-0.2, -0.15) is 0 Å². The third-order valence-electron chi connectivity index (χ3n) is 3.57. The summed E-state index contributed by atoms with van der Waals surface area (Å²) < 4.78 is 7.03. The van der Waals surface area contributed by atoms with Gasteiger partial charge < -0.3 is 9.84 Å². The largest absolute Gasteiger partial charge is 0.394 e. The minimum Gasteiger partial charge on any atom is -0.394 e. The van der Waals surface area contributed by atoms with Crippen LogP contribution in [0.25, 0.3) is 0 Å². The zero-order chi connectivity index (χ0) is 15.2. The molecule has 0 amide bonds. The molecule has 1 rings (SSSR count). The van der Waals surface area contributed by atoms with E-state index in [9.17, 15) is 0 Å². The second kappa shape index (κ2) is 12.8. The second-order valence-electron chi connectivity index (χ2n) is 5.53. The molecule has 0 fully saturated rings. The van der Waals surface area contributed by atoms with E-state index in [1.165, 1.54) is 51.4 Å². The van der Waals surface area contributed by atoms with Crippen LogP contribution in [0.3, 0.4) is 0 Å². The minimum atomic E-state index is 0.0705. The lowest BCUT2D eigenvalue weighted by atomic mass is 10.1. The van der Waals surface area contributed by atoms with E-state index in [-0.39, 0.29) is 6.61 Å². The molecule has 0 atom stereocenters. The summed E-state index contributed by atoms with van der Waals surface area (Å²) in [5, 5.41) is 16.9. The van der Waals surface area contributed by atoms with Crippen molar-refractivity contribution in [2.45, 2.75) is 71.3 Å². The molecule has 0 aliphatic carbocycles. The van der Waals surface area contributed by atoms with Crippen LogP contribution in [-0.2, 0) is 17.7 Å². The quantitative estimate of drug-likeness (QED) is 0.536. The van der Waals surface area contributed by atoms with E-state index in [1.807, 2.05) is 10.9 Å². The Balaban J connectivity index is 1.98. The first-order chi connectivity index (χ1) is 10.4. The minimum absolute atomic E-state index is 0.0705. The number of nitrogens with zero attached hydrogens (tertiary/aromatic N) is 3. The average Bonchev–Trinajstić information content (AvgIpc) is 2.94. The molecule has 122 valence electrons. The summed E-state index contributed by atoms with van der Waals surface area (Å²) in [5.74, 6) is 0. The molecule has 0 aliphatic rings. The van der Waals surface area contributed by atoms with E-state index < -0.39 is 0 Å². The molecule has 0 aliphatic heterocycles. The average molecular weight is 297 g/mol. The molecule has 1 N–H and O–H groups in total. The first-order valence-corrected chi connectivity index (χ1v) is 8.44. The summed E-state index contributed by atoms with van der Waals surface area (Å²) in [6, 6.07) is 0. The first-order valence-electron chi connectivity index (χ1n) is 8.44. The summed E-state index contributed by atoms with van der Waals surface area (Å²) in [6.45, 7) is 3.98. The monoisotopic (exact) mass is 297 g/mol. The topological polar surface area (TPSA) is 60.2 Å². The van der Waals surface area contributed by atoms with Crippen molar-refractivity contribution < 1.29 is 9.84 Å². The number of aliphatic hydroxyl groups excluding tert-OH is 1. The van der Waals surface area contributed by atoms with Crippen molar-refractivity contribution in [1.82, 2.24) is 15.0 Å². The van der Waals surface area contributed by atoms with Gasteiger partial charge in [-0.15, -0.1) is 5.10 Å². The van der Waals surface area contributed by atoms with Crippen LogP contribution in [-0.4, -0.2) is 39.9 Å². The lowest BCUT2D eigenvalue weighted by Crippen LogP contribution is -2.08. The summed E-state index contributed by atoms with van der Waals surface area (Å²) in [5.41, 5.74) is 1.07. The molecule has 0 spiro atoms. The molecule has 0 radical (unpaired) electrons. The Kier molecular flexibility index (Phi) is 11.0. The Labute approximate surface area is 128 Å². The van der Waals surface area contributed by atoms with Gasteiger partial charge in [0.15, 0.2) is 0 Å². The van der Waals surface area contributed by atoms with Gasteiger partial charge in [-0.25, -0.2) is 4.68 Å². The summed E-state index contributed by atoms with van der Waals surface area (Å²) in [7, 11) is 0. The van der Waals surface area contributed by atoms with Gasteiger partial charge >= 0.3 is 0 Å².